The fourth-order valence-electron chi connectivity index (χ4n) is 6.93. The summed E-state index contributed by atoms with van der Waals surface area (Å²) in [7, 11) is 0. The Labute approximate surface area is 147 Å². The van der Waals surface area contributed by atoms with Crippen LogP contribution in [-0.2, 0) is 0 Å². The molecule has 3 heteroatoms. The first-order chi connectivity index (χ1) is 11.4. The molecular weight excluding hydrogens is 298 g/mol. The molecule has 138 valence electrons. The van der Waals surface area contributed by atoms with Crippen LogP contribution in [0.5, 0.6) is 0 Å². The van der Waals surface area contributed by atoms with Crippen molar-refractivity contribution in [2.75, 3.05) is 13.2 Å². The summed E-state index contributed by atoms with van der Waals surface area (Å²) < 4.78 is 0. The molecule has 0 aromatic heterocycles. The van der Waals surface area contributed by atoms with Gasteiger partial charge in [0, 0.05) is 6.61 Å². The number of allylic oxidation sites excluding steroid dienone is 2. The lowest BCUT2D eigenvalue weighted by Gasteiger charge is -2.56. The summed E-state index contributed by atoms with van der Waals surface area (Å²) >= 11 is 0. The molecule has 0 spiro atoms. The van der Waals surface area contributed by atoms with Crippen molar-refractivity contribution < 1.29 is 10.2 Å². The van der Waals surface area contributed by atoms with Gasteiger partial charge in [-0.3, -0.25) is 0 Å². The van der Waals surface area contributed by atoms with Crippen molar-refractivity contribution in [2.45, 2.75) is 71.8 Å². The molecule has 0 aromatic rings. The highest BCUT2D eigenvalue weighted by Gasteiger charge is 2.56. The third kappa shape index (κ3) is 2.68. The SMILES string of the molecule is CC=C1CCC2C(CN)C(C3(C)CCC(O)CC3CO)CCC12C. The minimum atomic E-state index is -0.235. The zero-order valence-electron chi connectivity index (χ0n) is 15.8. The van der Waals surface area contributed by atoms with E-state index in [1.165, 1.54) is 25.7 Å². The molecule has 3 saturated carbocycles. The van der Waals surface area contributed by atoms with Crippen molar-refractivity contribution in [3.8, 4) is 0 Å². The molecule has 3 fully saturated rings. The second kappa shape index (κ2) is 6.74. The molecule has 3 rings (SSSR count). The molecule has 3 nitrogen and oxygen atoms in total. The standard InChI is InChI=1S/C21H37NO2/c1-4-14-5-6-18-17(12-22)19(8-10-20(14,18)2)21(3)9-7-16(24)11-15(21)13-23/h4,15-19,23-24H,5-13,22H2,1-3H3. The maximum Gasteiger partial charge on any atom is 0.0544 e. The number of hydrogen-bond donors (Lipinski definition) is 3. The minimum Gasteiger partial charge on any atom is -0.396 e. The van der Waals surface area contributed by atoms with Gasteiger partial charge < -0.3 is 15.9 Å². The Morgan fingerprint density at radius 2 is 1.92 bits per heavy atom. The van der Waals surface area contributed by atoms with E-state index in [0.717, 1.165) is 25.8 Å². The Bertz CT molecular complexity index is 490. The molecule has 0 aromatic carbocycles. The average molecular weight is 336 g/mol. The van der Waals surface area contributed by atoms with E-state index < -0.39 is 0 Å². The first kappa shape index (κ1) is 18.4. The predicted molar refractivity (Wildman–Crippen MR) is 98.4 cm³/mol. The summed E-state index contributed by atoms with van der Waals surface area (Å²) in [6.45, 7) is 8.00. The number of aliphatic hydroxyl groups excluding tert-OH is 2. The molecule has 0 aliphatic heterocycles. The van der Waals surface area contributed by atoms with Gasteiger partial charge in [-0.1, -0.05) is 25.5 Å². The highest BCUT2D eigenvalue weighted by molar-refractivity contribution is 5.23. The van der Waals surface area contributed by atoms with Crippen LogP contribution in [0, 0.1) is 34.5 Å². The summed E-state index contributed by atoms with van der Waals surface area (Å²) in [6.07, 6.45) is 9.76. The zero-order chi connectivity index (χ0) is 17.5. The van der Waals surface area contributed by atoms with Crippen LogP contribution in [0.3, 0.4) is 0 Å². The van der Waals surface area contributed by atoms with Crippen LogP contribution in [-0.4, -0.2) is 29.5 Å². The number of nitrogens with two attached hydrogens (primary N) is 1. The lowest BCUT2D eigenvalue weighted by Crippen LogP contribution is -2.52. The van der Waals surface area contributed by atoms with Gasteiger partial charge in [-0.05, 0) is 92.9 Å². The number of hydrogen-bond acceptors (Lipinski definition) is 3. The molecule has 7 unspecified atom stereocenters. The highest BCUT2D eigenvalue weighted by Crippen LogP contribution is 2.63. The van der Waals surface area contributed by atoms with E-state index in [4.69, 9.17) is 5.73 Å². The van der Waals surface area contributed by atoms with E-state index in [1.807, 2.05) is 0 Å². The molecule has 0 bridgehead atoms. The molecule has 3 aliphatic rings. The Morgan fingerprint density at radius 1 is 1.17 bits per heavy atom. The molecule has 24 heavy (non-hydrogen) atoms. The van der Waals surface area contributed by atoms with Crippen molar-refractivity contribution >= 4 is 0 Å². The van der Waals surface area contributed by atoms with E-state index in [2.05, 4.69) is 26.8 Å². The predicted octanol–water partition coefficient (Wildman–Crippen LogP) is 3.49. The minimum absolute atomic E-state index is 0.123. The molecule has 7 atom stereocenters. The van der Waals surface area contributed by atoms with Crippen LogP contribution >= 0.6 is 0 Å². The van der Waals surface area contributed by atoms with Crippen LogP contribution in [0.4, 0.5) is 0 Å². The molecule has 4 N–H and O–H groups in total. The number of rotatable bonds is 3. The average Bonchev–Trinajstić information content (AvgIpc) is 2.92. The lowest BCUT2D eigenvalue weighted by molar-refractivity contribution is -0.0917. The van der Waals surface area contributed by atoms with Crippen molar-refractivity contribution in [3.05, 3.63) is 11.6 Å². The van der Waals surface area contributed by atoms with Crippen molar-refractivity contribution in [1.82, 2.24) is 0 Å². The fourth-order valence-corrected chi connectivity index (χ4v) is 6.93. The van der Waals surface area contributed by atoms with Crippen molar-refractivity contribution in [2.24, 2.45) is 40.2 Å². The number of aliphatic hydroxyl groups is 2. The van der Waals surface area contributed by atoms with Crippen molar-refractivity contribution in [1.29, 1.82) is 0 Å². The van der Waals surface area contributed by atoms with Gasteiger partial charge in [0.25, 0.3) is 0 Å². The lowest BCUT2D eigenvalue weighted by atomic mass is 9.49. The second-order valence-corrected chi connectivity index (χ2v) is 9.23. The molecule has 3 aliphatic carbocycles. The van der Waals surface area contributed by atoms with Crippen LogP contribution in [0.25, 0.3) is 0 Å². The number of fused-ring (bicyclic) bond motifs is 1. The van der Waals surface area contributed by atoms with E-state index in [-0.39, 0.29) is 24.0 Å². The quantitative estimate of drug-likeness (QED) is 0.692. The molecule has 0 saturated heterocycles. The molecule has 0 radical (unpaired) electrons. The third-order valence-corrected chi connectivity index (χ3v) is 8.48. The molecule has 0 heterocycles. The summed E-state index contributed by atoms with van der Waals surface area (Å²) in [6, 6.07) is 0. The second-order valence-electron chi connectivity index (χ2n) is 9.23. The Balaban J connectivity index is 1.89. The largest absolute Gasteiger partial charge is 0.396 e. The first-order valence-electron chi connectivity index (χ1n) is 10.0. The van der Waals surface area contributed by atoms with E-state index in [0.29, 0.717) is 23.2 Å². The maximum absolute atomic E-state index is 10.1. The Morgan fingerprint density at radius 3 is 2.54 bits per heavy atom. The van der Waals surface area contributed by atoms with Gasteiger partial charge in [0.2, 0.25) is 0 Å². The summed E-state index contributed by atoms with van der Waals surface area (Å²) in [5.74, 6) is 2.04. The van der Waals surface area contributed by atoms with Crippen LogP contribution in [0.1, 0.15) is 65.7 Å². The summed E-state index contributed by atoms with van der Waals surface area (Å²) in [4.78, 5) is 0. The Kier molecular flexibility index (Phi) is 5.17. The fraction of sp³-hybridized carbons (Fsp3) is 0.905. The van der Waals surface area contributed by atoms with Gasteiger partial charge in [0.05, 0.1) is 6.10 Å². The van der Waals surface area contributed by atoms with Crippen LogP contribution in [0.15, 0.2) is 11.6 Å². The maximum atomic E-state index is 10.1. The molecule has 0 amide bonds. The third-order valence-electron chi connectivity index (χ3n) is 8.48. The van der Waals surface area contributed by atoms with Gasteiger partial charge >= 0.3 is 0 Å². The van der Waals surface area contributed by atoms with Crippen LogP contribution < -0.4 is 5.73 Å². The smallest absolute Gasteiger partial charge is 0.0544 e. The van der Waals surface area contributed by atoms with Gasteiger partial charge in [-0.15, -0.1) is 0 Å². The normalized spacial score (nSPS) is 50.9. The highest BCUT2D eigenvalue weighted by atomic mass is 16.3. The van der Waals surface area contributed by atoms with Gasteiger partial charge in [-0.2, -0.15) is 0 Å². The van der Waals surface area contributed by atoms with E-state index in [9.17, 15) is 10.2 Å². The zero-order valence-corrected chi connectivity index (χ0v) is 15.8. The monoisotopic (exact) mass is 335 g/mol. The van der Waals surface area contributed by atoms with Gasteiger partial charge in [0.15, 0.2) is 0 Å². The summed E-state index contributed by atoms with van der Waals surface area (Å²) in [5, 5.41) is 20.1. The first-order valence-corrected chi connectivity index (χ1v) is 10.0. The van der Waals surface area contributed by atoms with E-state index >= 15 is 0 Å². The topological polar surface area (TPSA) is 66.5 Å². The van der Waals surface area contributed by atoms with E-state index in [1.54, 1.807) is 5.57 Å². The summed E-state index contributed by atoms with van der Waals surface area (Å²) in [5.41, 5.74) is 8.45. The molecular formula is C21H37NO2. The van der Waals surface area contributed by atoms with Crippen LogP contribution in [0.2, 0.25) is 0 Å². The van der Waals surface area contributed by atoms with Gasteiger partial charge in [0.1, 0.15) is 0 Å². The van der Waals surface area contributed by atoms with Gasteiger partial charge in [-0.25, -0.2) is 0 Å². The van der Waals surface area contributed by atoms with Crippen molar-refractivity contribution in [3.63, 3.8) is 0 Å². The Hall–Kier alpha value is -0.380.